The number of benzene rings is 3. The van der Waals surface area contributed by atoms with Gasteiger partial charge in [0.15, 0.2) is 5.13 Å². The molecule has 1 aliphatic rings. The first-order valence-electron chi connectivity index (χ1n) is 13.6. The van der Waals surface area contributed by atoms with Gasteiger partial charge in [-0.3, -0.25) is 24.6 Å². The molecule has 44 heavy (non-hydrogen) atoms. The monoisotopic (exact) mass is 613 g/mol. The van der Waals surface area contributed by atoms with E-state index in [4.69, 9.17) is 9.47 Å². The average Bonchev–Trinajstić information content (AvgIpc) is 3.52. The number of aliphatic hydroxyl groups is 1. The summed E-state index contributed by atoms with van der Waals surface area (Å²) >= 11 is 0.873. The molecule has 1 fully saturated rings. The molecule has 3 aromatic carbocycles. The highest BCUT2D eigenvalue weighted by atomic mass is 32.1. The summed E-state index contributed by atoms with van der Waals surface area (Å²) < 4.78 is 11.0. The van der Waals surface area contributed by atoms with E-state index in [1.807, 2.05) is 30.3 Å². The second kappa shape index (κ2) is 12.5. The lowest BCUT2D eigenvalue weighted by atomic mass is 9.94. The van der Waals surface area contributed by atoms with Crippen molar-refractivity contribution in [1.29, 1.82) is 0 Å². The van der Waals surface area contributed by atoms with Crippen molar-refractivity contribution in [1.82, 2.24) is 4.98 Å². The lowest BCUT2D eigenvalue weighted by molar-refractivity contribution is -0.384. The fourth-order valence-corrected chi connectivity index (χ4v) is 5.83. The minimum atomic E-state index is -1.19. The number of thiazole rings is 1. The van der Waals surface area contributed by atoms with Gasteiger partial charge in [0.05, 0.1) is 28.8 Å². The predicted octanol–water partition coefficient (Wildman–Crippen LogP) is 6.05. The van der Waals surface area contributed by atoms with Gasteiger partial charge in [-0.2, -0.15) is 0 Å². The smallest absolute Gasteiger partial charge is 0.350 e. The minimum Gasteiger partial charge on any atom is -0.507 e. The van der Waals surface area contributed by atoms with Gasteiger partial charge in [-0.15, -0.1) is 0 Å². The quantitative estimate of drug-likeness (QED) is 0.0594. The Bertz CT molecular complexity index is 1800. The number of nitro groups is 1. The summed E-state index contributed by atoms with van der Waals surface area (Å²) in [6.45, 7) is 5.49. The summed E-state index contributed by atoms with van der Waals surface area (Å²) in [5.74, 6) is -2.44. The summed E-state index contributed by atoms with van der Waals surface area (Å²) in [5, 5.41) is 22.9. The summed E-state index contributed by atoms with van der Waals surface area (Å²) in [4.78, 5) is 55.9. The molecule has 0 spiro atoms. The SMILES string of the molecule is CCOC(=O)c1sc(N2C(=O)C(=O)C(=C(O)c3ccc(OCc4ccccc4)c(C)c3)[C@@H]2c2ccc([N+](=O)[O-])cc2)nc1C. The highest BCUT2D eigenvalue weighted by Crippen LogP contribution is 2.44. The molecular formula is C32H27N3O8S. The third-order valence-corrected chi connectivity index (χ3v) is 8.14. The number of carbonyl (C=O) groups excluding carboxylic acids is 3. The minimum absolute atomic E-state index is 0.0379. The first-order valence-corrected chi connectivity index (χ1v) is 14.4. The lowest BCUT2D eigenvalue weighted by Gasteiger charge is -2.23. The molecule has 1 aliphatic heterocycles. The molecule has 0 bridgehead atoms. The van der Waals surface area contributed by atoms with Gasteiger partial charge in [-0.25, -0.2) is 9.78 Å². The summed E-state index contributed by atoms with van der Waals surface area (Å²) in [5.41, 5.74) is 2.12. The summed E-state index contributed by atoms with van der Waals surface area (Å²) in [6.07, 6.45) is 0. The average molecular weight is 614 g/mol. The van der Waals surface area contributed by atoms with Gasteiger partial charge in [0.1, 0.15) is 23.0 Å². The molecule has 5 rings (SSSR count). The third-order valence-electron chi connectivity index (χ3n) is 7.00. The Balaban J connectivity index is 1.58. The maximum atomic E-state index is 13.5. The Labute approximate surface area is 256 Å². The number of rotatable bonds is 9. The Hall–Kier alpha value is -5.36. The van der Waals surface area contributed by atoms with E-state index in [0.29, 0.717) is 29.2 Å². The second-order valence-electron chi connectivity index (χ2n) is 9.90. The van der Waals surface area contributed by atoms with Crippen LogP contribution in [0.1, 0.15) is 50.6 Å². The number of nitro benzene ring substituents is 1. The largest absolute Gasteiger partial charge is 0.507 e. The number of hydrogen-bond acceptors (Lipinski definition) is 10. The highest BCUT2D eigenvalue weighted by molar-refractivity contribution is 7.17. The van der Waals surface area contributed by atoms with Gasteiger partial charge < -0.3 is 14.6 Å². The normalized spacial score (nSPS) is 15.8. The van der Waals surface area contributed by atoms with Gasteiger partial charge in [-0.1, -0.05) is 41.7 Å². The zero-order valence-electron chi connectivity index (χ0n) is 24.0. The number of aryl methyl sites for hydroxylation is 2. The van der Waals surface area contributed by atoms with E-state index in [1.54, 1.807) is 39.0 Å². The van der Waals surface area contributed by atoms with E-state index in [2.05, 4.69) is 4.98 Å². The first kappa shape index (κ1) is 30.1. The molecule has 1 aromatic heterocycles. The van der Waals surface area contributed by atoms with Gasteiger partial charge in [0.25, 0.3) is 11.5 Å². The zero-order chi connectivity index (χ0) is 31.5. The number of ether oxygens (including phenoxy) is 2. The van der Waals surface area contributed by atoms with Gasteiger partial charge >= 0.3 is 11.9 Å². The Kier molecular flexibility index (Phi) is 8.54. The molecule has 0 saturated carbocycles. The molecule has 1 atom stereocenters. The molecule has 1 saturated heterocycles. The molecule has 1 N–H and O–H groups in total. The van der Waals surface area contributed by atoms with Crippen molar-refractivity contribution in [2.45, 2.75) is 33.4 Å². The number of amides is 1. The number of carbonyl (C=O) groups is 3. The van der Waals surface area contributed by atoms with Crippen LogP contribution in [0.25, 0.3) is 5.76 Å². The van der Waals surface area contributed by atoms with Crippen LogP contribution >= 0.6 is 11.3 Å². The third kappa shape index (κ3) is 5.79. The molecule has 1 amide bonds. The zero-order valence-corrected chi connectivity index (χ0v) is 24.8. The van der Waals surface area contributed by atoms with Gasteiger partial charge in [0, 0.05) is 17.7 Å². The highest BCUT2D eigenvalue weighted by Gasteiger charge is 2.48. The van der Waals surface area contributed by atoms with Crippen LogP contribution in [0.2, 0.25) is 0 Å². The van der Waals surface area contributed by atoms with Crippen LogP contribution in [0.4, 0.5) is 10.8 Å². The molecule has 0 unspecified atom stereocenters. The van der Waals surface area contributed by atoms with E-state index in [0.717, 1.165) is 21.8 Å². The van der Waals surface area contributed by atoms with Crippen molar-refractivity contribution in [3.63, 3.8) is 0 Å². The number of esters is 1. The fourth-order valence-electron chi connectivity index (χ4n) is 4.84. The van der Waals surface area contributed by atoms with Gasteiger partial charge in [-0.05, 0) is 67.8 Å². The number of anilines is 1. The number of non-ortho nitro benzene ring substituents is 1. The molecule has 0 radical (unpaired) electrons. The van der Waals surface area contributed by atoms with Crippen LogP contribution in [-0.2, 0) is 20.9 Å². The van der Waals surface area contributed by atoms with Crippen molar-refractivity contribution in [2.24, 2.45) is 0 Å². The van der Waals surface area contributed by atoms with Crippen LogP contribution in [0.3, 0.4) is 0 Å². The number of hydrogen-bond donors (Lipinski definition) is 1. The summed E-state index contributed by atoms with van der Waals surface area (Å²) in [7, 11) is 0. The Morgan fingerprint density at radius 1 is 1.07 bits per heavy atom. The number of aliphatic hydroxyl groups excluding tert-OH is 1. The Morgan fingerprint density at radius 2 is 1.77 bits per heavy atom. The maximum absolute atomic E-state index is 13.5. The van der Waals surface area contributed by atoms with E-state index in [1.165, 1.54) is 24.3 Å². The van der Waals surface area contributed by atoms with Crippen molar-refractivity contribution in [3.8, 4) is 5.75 Å². The molecule has 11 nitrogen and oxygen atoms in total. The molecule has 0 aliphatic carbocycles. The van der Waals surface area contributed by atoms with Crippen LogP contribution in [0.15, 0.2) is 78.4 Å². The van der Waals surface area contributed by atoms with Crippen molar-refractivity contribution >= 4 is 45.6 Å². The van der Waals surface area contributed by atoms with E-state index in [-0.39, 0.29) is 33.4 Å². The fraction of sp³-hybridized carbons (Fsp3) is 0.188. The standard InChI is InChI=1S/C32H27N3O8S/c1-4-42-31(39)29-19(3)33-32(44-29)34-26(21-10-13-23(14-11-21)35(40)41)25(28(37)30(34)38)27(36)22-12-15-24(18(2)16-22)43-17-20-8-6-5-7-9-20/h5-16,26,36H,4,17H2,1-3H3/t26-/m0/s1. The van der Waals surface area contributed by atoms with E-state index < -0.39 is 34.4 Å². The number of aromatic nitrogens is 1. The molecule has 4 aromatic rings. The lowest BCUT2D eigenvalue weighted by Crippen LogP contribution is -2.29. The van der Waals surface area contributed by atoms with Crippen molar-refractivity contribution in [3.05, 3.63) is 121 Å². The topological polar surface area (TPSA) is 149 Å². The molecule has 2 heterocycles. The van der Waals surface area contributed by atoms with E-state index in [9.17, 15) is 29.6 Å². The van der Waals surface area contributed by atoms with E-state index >= 15 is 0 Å². The number of Topliss-reactive ketones (excluding diaryl/α,β-unsaturated/α-hetero) is 1. The summed E-state index contributed by atoms with van der Waals surface area (Å²) in [6, 6.07) is 18.6. The van der Waals surface area contributed by atoms with Crippen molar-refractivity contribution in [2.75, 3.05) is 11.5 Å². The number of ketones is 1. The number of nitrogens with zero attached hydrogens (tertiary/aromatic N) is 3. The van der Waals surface area contributed by atoms with Crippen LogP contribution < -0.4 is 9.64 Å². The maximum Gasteiger partial charge on any atom is 0.350 e. The first-order chi connectivity index (χ1) is 21.1. The molecule has 224 valence electrons. The van der Waals surface area contributed by atoms with Crippen molar-refractivity contribution < 1.29 is 33.9 Å². The van der Waals surface area contributed by atoms with Crippen LogP contribution in [0.5, 0.6) is 5.75 Å². The van der Waals surface area contributed by atoms with Crippen LogP contribution in [0, 0.1) is 24.0 Å². The Morgan fingerprint density at radius 3 is 2.41 bits per heavy atom. The van der Waals surface area contributed by atoms with Crippen LogP contribution in [-0.4, -0.2) is 39.3 Å². The second-order valence-corrected chi connectivity index (χ2v) is 10.9. The van der Waals surface area contributed by atoms with Gasteiger partial charge in [0.2, 0.25) is 0 Å². The molecular weight excluding hydrogens is 586 g/mol. The predicted molar refractivity (Wildman–Crippen MR) is 163 cm³/mol. The molecule has 12 heteroatoms.